The molecule has 2 aliphatic heterocycles. The summed E-state index contributed by atoms with van der Waals surface area (Å²) in [6, 6.07) is 0. The summed E-state index contributed by atoms with van der Waals surface area (Å²) in [7, 11) is 0. The van der Waals surface area contributed by atoms with E-state index in [4.69, 9.17) is 9.47 Å². The van der Waals surface area contributed by atoms with Crippen LogP contribution in [0.5, 0.6) is 0 Å². The van der Waals surface area contributed by atoms with Crippen LogP contribution in [0.3, 0.4) is 0 Å². The van der Waals surface area contributed by atoms with E-state index < -0.39 is 5.60 Å². The Morgan fingerprint density at radius 3 is 2.30 bits per heavy atom. The molecule has 3 heteroatoms. The molecule has 0 spiro atoms. The first-order chi connectivity index (χ1) is 10.6. The van der Waals surface area contributed by atoms with Crippen LogP contribution < -0.4 is 0 Å². The Morgan fingerprint density at radius 1 is 0.957 bits per heavy atom. The van der Waals surface area contributed by atoms with Gasteiger partial charge in [0.25, 0.3) is 0 Å². The highest BCUT2D eigenvalue weighted by molar-refractivity contribution is 5.10. The molecule has 2 saturated carbocycles. The molecule has 3 nitrogen and oxygen atoms in total. The monoisotopic (exact) mass is 322 g/mol. The van der Waals surface area contributed by atoms with Crippen LogP contribution in [0, 0.1) is 17.3 Å². The van der Waals surface area contributed by atoms with E-state index in [0.717, 1.165) is 19.3 Å². The average molecular weight is 322 g/mol. The molecule has 132 valence electrons. The number of hydrogen-bond acceptors (Lipinski definition) is 3. The third-order valence-electron chi connectivity index (χ3n) is 7.77. The second kappa shape index (κ2) is 4.74. The minimum Gasteiger partial charge on any atom is -0.390 e. The van der Waals surface area contributed by atoms with E-state index >= 15 is 0 Å². The Labute approximate surface area is 141 Å². The van der Waals surface area contributed by atoms with E-state index in [-0.39, 0.29) is 11.2 Å². The van der Waals surface area contributed by atoms with E-state index in [9.17, 15) is 5.11 Å². The fourth-order valence-corrected chi connectivity index (χ4v) is 5.37. The largest absolute Gasteiger partial charge is 0.390 e. The summed E-state index contributed by atoms with van der Waals surface area (Å²) < 4.78 is 11.8. The molecule has 23 heavy (non-hydrogen) atoms. The third kappa shape index (κ3) is 2.87. The lowest BCUT2D eigenvalue weighted by Gasteiger charge is -2.35. The SMILES string of the molecule is CC1(C)OC1CC[C@@]1(C)CC[C@]2(C)O[C@H]2CC[C@](C)(O)[C@H]2C[C@@H]21. The number of epoxide rings is 2. The maximum absolute atomic E-state index is 11.0. The van der Waals surface area contributed by atoms with Gasteiger partial charge in [0.05, 0.1) is 29.0 Å². The van der Waals surface area contributed by atoms with E-state index in [0.29, 0.717) is 29.5 Å². The van der Waals surface area contributed by atoms with Gasteiger partial charge >= 0.3 is 0 Å². The molecule has 0 radical (unpaired) electrons. The van der Waals surface area contributed by atoms with Crippen molar-refractivity contribution in [3.05, 3.63) is 0 Å². The molecule has 1 unspecified atom stereocenters. The topological polar surface area (TPSA) is 45.3 Å². The van der Waals surface area contributed by atoms with Gasteiger partial charge < -0.3 is 14.6 Å². The van der Waals surface area contributed by atoms with Crippen LogP contribution in [0.4, 0.5) is 0 Å². The van der Waals surface area contributed by atoms with Crippen molar-refractivity contribution in [2.24, 2.45) is 17.3 Å². The smallest absolute Gasteiger partial charge is 0.0920 e. The zero-order valence-electron chi connectivity index (χ0n) is 15.5. The first-order valence-electron chi connectivity index (χ1n) is 9.64. The second-order valence-electron chi connectivity index (χ2n) is 10.2. The van der Waals surface area contributed by atoms with Gasteiger partial charge in [-0.05, 0) is 89.9 Å². The summed E-state index contributed by atoms with van der Waals surface area (Å²) in [5.41, 5.74) is -0.00902. The summed E-state index contributed by atoms with van der Waals surface area (Å²) in [5.74, 6) is 1.17. The molecule has 0 aromatic rings. The molecule has 0 bridgehead atoms. The molecular weight excluding hydrogens is 288 g/mol. The normalized spacial score (nSPS) is 57.1. The van der Waals surface area contributed by atoms with Crippen LogP contribution in [0.25, 0.3) is 0 Å². The van der Waals surface area contributed by atoms with Crippen molar-refractivity contribution in [2.45, 2.75) is 109 Å². The quantitative estimate of drug-likeness (QED) is 0.797. The van der Waals surface area contributed by atoms with Crippen LogP contribution in [-0.2, 0) is 9.47 Å². The van der Waals surface area contributed by atoms with Gasteiger partial charge in [-0.2, -0.15) is 0 Å². The molecule has 7 atom stereocenters. The zero-order valence-corrected chi connectivity index (χ0v) is 15.5. The molecule has 0 aromatic heterocycles. The van der Waals surface area contributed by atoms with Gasteiger partial charge in [0, 0.05) is 0 Å². The fourth-order valence-electron chi connectivity index (χ4n) is 5.37. The minimum atomic E-state index is -0.508. The van der Waals surface area contributed by atoms with Gasteiger partial charge in [-0.3, -0.25) is 0 Å². The predicted molar refractivity (Wildman–Crippen MR) is 90.3 cm³/mol. The standard InChI is InChI=1S/C20H34O3/c1-17(2)15(22-17)6-8-18(3)10-11-20(5)16(23-20)7-9-19(4,21)14-12-13(14)18/h13-16,21H,6-12H2,1-5H3/t13-,14-,15?,16-,18-,19-,20-/m0/s1. The highest BCUT2D eigenvalue weighted by Gasteiger charge is 2.61. The summed E-state index contributed by atoms with van der Waals surface area (Å²) in [5, 5.41) is 11.0. The lowest BCUT2D eigenvalue weighted by atomic mass is 9.71. The second-order valence-corrected chi connectivity index (χ2v) is 10.2. The first-order valence-corrected chi connectivity index (χ1v) is 9.64. The van der Waals surface area contributed by atoms with Gasteiger partial charge in [0.1, 0.15) is 0 Å². The molecule has 0 amide bonds. The Bertz CT molecular complexity index is 499. The van der Waals surface area contributed by atoms with E-state index in [2.05, 4.69) is 34.6 Å². The Balaban J connectivity index is 1.48. The van der Waals surface area contributed by atoms with Gasteiger partial charge in [-0.15, -0.1) is 0 Å². The van der Waals surface area contributed by atoms with Crippen LogP contribution >= 0.6 is 0 Å². The van der Waals surface area contributed by atoms with Gasteiger partial charge in [0.15, 0.2) is 0 Å². The minimum absolute atomic E-state index is 0.0778. The van der Waals surface area contributed by atoms with E-state index in [1.165, 1.54) is 25.7 Å². The summed E-state index contributed by atoms with van der Waals surface area (Å²) in [6.07, 6.45) is 8.72. The molecule has 4 aliphatic rings. The molecule has 4 rings (SSSR count). The van der Waals surface area contributed by atoms with Crippen LogP contribution in [0.2, 0.25) is 0 Å². The van der Waals surface area contributed by atoms with Crippen molar-refractivity contribution in [3.8, 4) is 0 Å². The Kier molecular flexibility index (Phi) is 3.37. The summed E-state index contributed by atoms with van der Waals surface area (Å²) >= 11 is 0. The van der Waals surface area contributed by atoms with Gasteiger partial charge in [-0.25, -0.2) is 0 Å². The van der Waals surface area contributed by atoms with Gasteiger partial charge in [0.2, 0.25) is 0 Å². The molecule has 2 heterocycles. The molecule has 0 aromatic carbocycles. The third-order valence-corrected chi connectivity index (χ3v) is 7.77. The lowest BCUT2D eigenvalue weighted by molar-refractivity contribution is 0.00707. The number of aliphatic hydroxyl groups is 1. The summed E-state index contributed by atoms with van der Waals surface area (Å²) in [4.78, 5) is 0. The van der Waals surface area contributed by atoms with Crippen molar-refractivity contribution >= 4 is 0 Å². The maximum atomic E-state index is 11.0. The Hall–Kier alpha value is -0.120. The molecule has 4 fully saturated rings. The van der Waals surface area contributed by atoms with E-state index in [1.807, 2.05) is 0 Å². The number of hydrogen-bond donors (Lipinski definition) is 1. The fraction of sp³-hybridized carbons (Fsp3) is 1.00. The molecular formula is C20H34O3. The van der Waals surface area contributed by atoms with Gasteiger partial charge in [-0.1, -0.05) is 6.92 Å². The number of rotatable bonds is 3. The maximum Gasteiger partial charge on any atom is 0.0920 e. The van der Waals surface area contributed by atoms with E-state index in [1.54, 1.807) is 0 Å². The van der Waals surface area contributed by atoms with Crippen LogP contribution in [0.15, 0.2) is 0 Å². The van der Waals surface area contributed by atoms with Crippen molar-refractivity contribution in [1.29, 1.82) is 0 Å². The zero-order chi connectivity index (χ0) is 16.7. The molecule has 2 aliphatic carbocycles. The van der Waals surface area contributed by atoms with Crippen LogP contribution in [-0.4, -0.2) is 34.1 Å². The van der Waals surface area contributed by atoms with Crippen molar-refractivity contribution in [3.63, 3.8) is 0 Å². The highest BCUT2D eigenvalue weighted by Crippen LogP contribution is 2.63. The summed E-state index contributed by atoms with van der Waals surface area (Å²) in [6.45, 7) is 11.2. The average Bonchev–Trinajstić information content (AvgIpc) is 3.32. The number of fused-ring (bicyclic) bond motifs is 2. The lowest BCUT2D eigenvalue weighted by Crippen LogP contribution is -2.34. The van der Waals surface area contributed by atoms with Crippen molar-refractivity contribution in [1.82, 2.24) is 0 Å². The van der Waals surface area contributed by atoms with Crippen molar-refractivity contribution < 1.29 is 14.6 Å². The van der Waals surface area contributed by atoms with Crippen LogP contribution in [0.1, 0.15) is 79.6 Å². The predicted octanol–water partition coefficient (Wildman–Crippen LogP) is 4.07. The molecule has 1 N–H and O–H groups in total. The first kappa shape index (κ1) is 16.4. The Morgan fingerprint density at radius 2 is 1.65 bits per heavy atom. The highest BCUT2D eigenvalue weighted by atomic mass is 16.6. The van der Waals surface area contributed by atoms with Crippen molar-refractivity contribution in [2.75, 3.05) is 0 Å². The molecule has 2 saturated heterocycles. The number of ether oxygens (including phenoxy) is 2.